The Kier molecular flexibility index (Phi) is 3.47. The first-order valence-electron chi connectivity index (χ1n) is 3.53. The fourth-order valence-electron chi connectivity index (χ4n) is 0.788. The maximum Gasteiger partial charge on any atom is 0.321 e. The monoisotopic (exact) mass is 239 g/mol. The number of rotatable bonds is 2. The van der Waals surface area contributed by atoms with Gasteiger partial charge in [0.25, 0.3) is 0 Å². The molecule has 0 saturated heterocycles. The highest BCUT2D eigenvalue weighted by Gasteiger charge is 2.02. The molecule has 1 aromatic carbocycles. The third kappa shape index (κ3) is 2.88. The van der Waals surface area contributed by atoms with Crippen LogP contribution in [0.4, 0.5) is 0 Å². The number of esters is 1. The van der Waals surface area contributed by atoms with Crippen LogP contribution < -0.4 is 4.74 Å². The van der Waals surface area contributed by atoms with Gasteiger partial charge in [0.1, 0.15) is 11.1 Å². The number of hydrogen-bond donors (Lipinski definition) is 0. The molecule has 3 nitrogen and oxygen atoms in total. The second kappa shape index (κ2) is 4.63. The average molecular weight is 240 g/mol. The van der Waals surface area contributed by atoms with Gasteiger partial charge in [0.05, 0.1) is 11.6 Å². The molecule has 0 amide bonds. The largest absolute Gasteiger partial charge is 0.426 e. The minimum absolute atomic E-state index is 0.143. The van der Waals surface area contributed by atoms with E-state index in [0.717, 1.165) is 0 Å². The van der Waals surface area contributed by atoms with Crippen LogP contribution in [0, 0.1) is 11.3 Å². The Balaban J connectivity index is 2.79. The van der Waals surface area contributed by atoms with E-state index in [2.05, 4.69) is 15.9 Å². The number of benzene rings is 1. The predicted octanol–water partition coefficient (Wildman–Crippen LogP) is 1.86. The van der Waals surface area contributed by atoms with Crippen LogP contribution in [0.3, 0.4) is 0 Å². The summed E-state index contributed by atoms with van der Waals surface area (Å²) in [6.07, 6.45) is 0. The zero-order valence-corrected chi connectivity index (χ0v) is 8.24. The van der Waals surface area contributed by atoms with Gasteiger partial charge in [-0.15, -0.1) is 0 Å². The molecule has 4 heteroatoms. The molecule has 0 fully saturated rings. The fourth-order valence-corrected chi connectivity index (χ4v) is 0.902. The number of halogens is 1. The second-order valence-corrected chi connectivity index (χ2v) is 2.81. The van der Waals surface area contributed by atoms with Gasteiger partial charge in [-0.1, -0.05) is 22.0 Å². The number of carbonyl (C=O) groups is 1. The normalized spacial score (nSPS) is 8.92. The molecule has 0 N–H and O–H groups in total. The average Bonchev–Trinajstić information content (AvgIpc) is 2.18. The topological polar surface area (TPSA) is 50.1 Å². The number of alkyl halides is 1. The van der Waals surface area contributed by atoms with Gasteiger partial charge in [-0.3, -0.25) is 4.79 Å². The van der Waals surface area contributed by atoms with Crippen LogP contribution in [0.15, 0.2) is 24.3 Å². The summed E-state index contributed by atoms with van der Waals surface area (Å²) in [5.41, 5.74) is 0.472. The first-order valence-corrected chi connectivity index (χ1v) is 4.65. The summed E-state index contributed by atoms with van der Waals surface area (Å²) in [4.78, 5) is 10.8. The Morgan fingerprint density at radius 1 is 1.62 bits per heavy atom. The van der Waals surface area contributed by atoms with E-state index in [-0.39, 0.29) is 11.3 Å². The van der Waals surface area contributed by atoms with Crippen LogP contribution in [-0.2, 0) is 4.79 Å². The van der Waals surface area contributed by atoms with Gasteiger partial charge in [0.15, 0.2) is 0 Å². The Morgan fingerprint density at radius 2 is 2.38 bits per heavy atom. The second-order valence-electron chi connectivity index (χ2n) is 2.25. The van der Waals surface area contributed by atoms with Crippen LogP contribution >= 0.6 is 15.9 Å². The number of nitrogens with zero attached hydrogens (tertiary/aromatic N) is 1. The molecule has 0 heterocycles. The highest BCUT2D eigenvalue weighted by atomic mass is 79.9. The van der Waals surface area contributed by atoms with Gasteiger partial charge in [-0.05, 0) is 18.2 Å². The number of ether oxygens (including phenoxy) is 1. The molecule has 0 bridgehead atoms. The van der Waals surface area contributed by atoms with E-state index in [0.29, 0.717) is 11.3 Å². The van der Waals surface area contributed by atoms with Gasteiger partial charge in [0, 0.05) is 0 Å². The summed E-state index contributed by atoms with van der Waals surface area (Å²) in [7, 11) is 0. The zero-order chi connectivity index (χ0) is 9.68. The Bertz CT molecular complexity index is 357. The summed E-state index contributed by atoms with van der Waals surface area (Å²) >= 11 is 2.97. The SMILES string of the molecule is N#Cc1cccc(OC(=O)CBr)c1. The van der Waals surface area contributed by atoms with Crippen molar-refractivity contribution in [3.8, 4) is 11.8 Å². The lowest BCUT2D eigenvalue weighted by Crippen LogP contribution is -2.08. The number of hydrogen-bond acceptors (Lipinski definition) is 3. The third-order valence-corrected chi connectivity index (χ3v) is 1.76. The molecule has 1 aromatic rings. The molecule has 0 radical (unpaired) electrons. The zero-order valence-electron chi connectivity index (χ0n) is 6.66. The lowest BCUT2D eigenvalue weighted by atomic mass is 10.2. The van der Waals surface area contributed by atoms with Gasteiger partial charge < -0.3 is 4.74 Å². The summed E-state index contributed by atoms with van der Waals surface area (Å²) in [6, 6.07) is 8.40. The molecule has 0 atom stereocenters. The van der Waals surface area contributed by atoms with Crippen LogP contribution in [0.25, 0.3) is 0 Å². The molecule has 1 rings (SSSR count). The molecule has 0 aliphatic rings. The van der Waals surface area contributed by atoms with E-state index in [9.17, 15) is 4.79 Å². The Hall–Kier alpha value is -1.34. The minimum Gasteiger partial charge on any atom is -0.426 e. The van der Waals surface area contributed by atoms with E-state index in [1.54, 1.807) is 18.2 Å². The molecular weight excluding hydrogens is 234 g/mol. The summed E-state index contributed by atoms with van der Waals surface area (Å²) in [5.74, 6) is 0.0126. The summed E-state index contributed by atoms with van der Waals surface area (Å²) in [5, 5.41) is 8.70. The minimum atomic E-state index is -0.380. The van der Waals surface area contributed by atoms with Crippen molar-refractivity contribution in [2.45, 2.75) is 0 Å². The smallest absolute Gasteiger partial charge is 0.321 e. The van der Waals surface area contributed by atoms with E-state index < -0.39 is 0 Å². The van der Waals surface area contributed by atoms with Gasteiger partial charge in [-0.25, -0.2) is 0 Å². The van der Waals surface area contributed by atoms with Gasteiger partial charge in [-0.2, -0.15) is 5.26 Å². The standard InChI is InChI=1S/C9H6BrNO2/c10-5-9(12)13-8-3-1-2-7(4-8)6-11/h1-4H,5H2. The molecule has 0 aliphatic heterocycles. The highest BCUT2D eigenvalue weighted by molar-refractivity contribution is 9.09. The van der Waals surface area contributed by atoms with Crippen molar-refractivity contribution < 1.29 is 9.53 Å². The van der Waals surface area contributed by atoms with Crippen molar-refractivity contribution in [2.24, 2.45) is 0 Å². The predicted molar refractivity (Wildman–Crippen MR) is 50.6 cm³/mol. The first-order chi connectivity index (χ1) is 6.26. The van der Waals surface area contributed by atoms with Crippen LogP contribution in [-0.4, -0.2) is 11.3 Å². The van der Waals surface area contributed by atoms with Gasteiger partial charge >= 0.3 is 5.97 Å². The Labute approximate surface area is 84.1 Å². The third-order valence-electron chi connectivity index (χ3n) is 1.30. The molecule has 13 heavy (non-hydrogen) atoms. The molecule has 0 aromatic heterocycles. The molecular formula is C9H6BrNO2. The lowest BCUT2D eigenvalue weighted by molar-refractivity contribution is -0.131. The number of carbonyl (C=O) groups excluding carboxylic acids is 1. The van der Waals surface area contributed by atoms with E-state index in [4.69, 9.17) is 10.00 Å². The molecule has 0 unspecified atom stereocenters. The molecule has 0 spiro atoms. The maximum atomic E-state index is 10.8. The van der Waals surface area contributed by atoms with E-state index >= 15 is 0 Å². The first kappa shape index (κ1) is 9.75. The summed E-state index contributed by atoms with van der Waals surface area (Å²) in [6.45, 7) is 0. The van der Waals surface area contributed by atoms with Crippen molar-refractivity contribution in [3.63, 3.8) is 0 Å². The van der Waals surface area contributed by atoms with Crippen molar-refractivity contribution >= 4 is 21.9 Å². The number of nitriles is 1. The summed E-state index contributed by atoms with van der Waals surface area (Å²) < 4.78 is 4.87. The molecule has 0 aliphatic carbocycles. The highest BCUT2D eigenvalue weighted by Crippen LogP contribution is 2.12. The van der Waals surface area contributed by atoms with E-state index in [1.165, 1.54) is 6.07 Å². The van der Waals surface area contributed by atoms with Crippen molar-refractivity contribution in [3.05, 3.63) is 29.8 Å². The molecule has 66 valence electrons. The Morgan fingerprint density at radius 3 is 3.00 bits per heavy atom. The van der Waals surface area contributed by atoms with Crippen molar-refractivity contribution in [1.29, 1.82) is 5.26 Å². The van der Waals surface area contributed by atoms with Crippen LogP contribution in [0.5, 0.6) is 5.75 Å². The van der Waals surface area contributed by atoms with Crippen LogP contribution in [0.1, 0.15) is 5.56 Å². The van der Waals surface area contributed by atoms with Crippen LogP contribution in [0.2, 0.25) is 0 Å². The fraction of sp³-hybridized carbons (Fsp3) is 0.111. The van der Waals surface area contributed by atoms with Crippen molar-refractivity contribution in [1.82, 2.24) is 0 Å². The molecule has 0 saturated carbocycles. The van der Waals surface area contributed by atoms with E-state index in [1.807, 2.05) is 6.07 Å². The quantitative estimate of drug-likeness (QED) is 0.450. The van der Waals surface area contributed by atoms with Crippen molar-refractivity contribution in [2.75, 3.05) is 5.33 Å². The maximum absolute atomic E-state index is 10.8. The lowest BCUT2D eigenvalue weighted by Gasteiger charge is -2.00. The van der Waals surface area contributed by atoms with Gasteiger partial charge in [0.2, 0.25) is 0 Å².